The van der Waals surface area contributed by atoms with Gasteiger partial charge in [-0.15, -0.1) is 0 Å². The molecular weight excluding hydrogens is 218 g/mol. The van der Waals surface area contributed by atoms with Crippen molar-refractivity contribution in [3.8, 4) is 0 Å². The highest BCUT2D eigenvalue weighted by Crippen LogP contribution is 2.26. The Hall–Kier alpha value is -0.610. The maximum atomic E-state index is 10.5. The van der Waals surface area contributed by atoms with Crippen LogP contribution in [-0.2, 0) is 9.53 Å². The summed E-state index contributed by atoms with van der Waals surface area (Å²) in [7, 11) is 0. The Morgan fingerprint density at radius 2 is 2.24 bits per heavy atom. The van der Waals surface area contributed by atoms with Gasteiger partial charge in [0.25, 0.3) is 0 Å². The van der Waals surface area contributed by atoms with Gasteiger partial charge in [0.05, 0.1) is 6.61 Å². The van der Waals surface area contributed by atoms with Gasteiger partial charge in [-0.1, -0.05) is 13.8 Å². The summed E-state index contributed by atoms with van der Waals surface area (Å²) in [5.41, 5.74) is 0.109. The second-order valence-corrected chi connectivity index (χ2v) is 5.74. The van der Waals surface area contributed by atoms with E-state index in [1.54, 1.807) is 0 Å². The predicted octanol–water partition coefficient (Wildman–Crippen LogP) is 1.89. The summed E-state index contributed by atoms with van der Waals surface area (Å²) >= 11 is 0. The van der Waals surface area contributed by atoms with E-state index in [9.17, 15) is 4.79 Å². The van der Waals surface area contributed by atoms with Crippen molar-refractivity contribution < 1.29 is 14.6 Å². The van der Waals surface area contributed by atoms with Crippen LogP contribution in [0.25, 0.3) is 0 Å². The second kappa shape index (κ2) is 6.97. The standard InChI is InChI=1S/C13H25NO3/c1-13(2,5-3-12(15)16)6-7-14-9-11-4-8-17-10-11/h11,14H,3-10H2,1-2H3,(H,15,16). The molecule has 0 saturated carbocycles. The number of nitrogens with one attached hydrogen (secondary N) is 1. The SMILES string of the molecule is CC(C)(CCNCC1CCOC1)CCC(=O)O. The van der Waals surface area contributed by atoms with Crippen molar-refractivity contribution in [2.24, 2.45) is 11.3 Å². The molecule has 1 rings (SSSR count). The number of hydrogen-bond acceptors (Lipinski definition) is 3. The van der Waals surface area contributed by atoms with Gasteiger partial charge < -0.3 is 15.2 Å². The number of ether oxygens (including phenoxy) is 1. The zero-order valence-corrected chi connectivity index (χ0v) is 11.0. The first kappa shape index (κ1) is 14.5. The highest BCUT2D eigenvalue weighted by molar-refractivity contribution is 5.66. The minimum atomic E-state index is -0.700. The zero-order chi connectivity index (χ0) is 12.7. The van der Waals surface area contributed by atoms with Crippen LogP contribution in [0.3, 0.4) is 0 Å². The molecule has 0 aromatic carbocycles. The molecule has 0 aromatic rings. The summed E-state index contributed by atoms with van der Waals surface area (Å²) < 4.78 is 5.31. The van der Waals surface area contributed by atoms with E-state index in [-0.39, 0.29) is 11.8 Å². The van der Waals surface area contributed by atoms with Gasteiger partial charge in [-0.3, -0.25) is 4.79 Å². The minimum Gasteiger partial charge on any atom is -0.481 e. The molecule has 0 aromatic heterocycles. The van der Waals surface area contributed by atoms with Crippen LogP contribution in [0, 0.1) is 11.3 Å². The third kappa shape index (κ3) is 6.64. The maximum absolute atomic E-state index is 10.5. The summed E-state index contributed by atoms with van der Waals surface area (Å²) in [5, 5.41) is 12.1. The number of carboxylic acids is 1. The van der Waals surface area contributed by atoms with Crippen molar-refractivity contribution in [2.75, 3.05) is 26.3 Å². The molecule has 1 atom stereocenters. The van der Waals surface area contributed by atoms with Crippen LogP contribution in [0.2, 0.25) is 0 Å². The molecule has 0 radical (unpaired) electrons. The lowest BCUT2D eigenvalue weighted by atomic mass is 9.84. The largest absolute Gasteiger partial charge is 0.481 e. The lowest BCUT2D eigenvalue weighted by Gasteiger charge is -2.24. The summed E-state index contributed by atoms with van der Waals surface area (Å²) in [6.45, 7) is 8.04. The van der Waals surface area contributed by atoms with Crippen LogP contribution < -0.4 is 5.32 Å². The van der Waals surface area contributed by atoms with E-state index in [1.165, 1.54) is 0 Å². The van der Waals surface area contributed by atoms with Gasteiger partial charge in [0.1, 0.15) is 0 Å². The Kier molecular flexibility index (Phi) is 5.92. The topological polar surface area (TPSA) is 58.6 Å². The van der Waals surface area contributed by atoms with Gasteiger partial charge in [-0.05, 0) is 37.1 Å². The highest BCUT2D eigenvalue weighted by atomic mass is 16.5. The fourth-order valence-corrected chi connectivity index (χ4v) is 2.05. The molecule has 1 saturated heterocycles. The molecule has 0 amide bonds. The Morgan fingerprint density at radius 3 is 2.82 bits per heavy atom. The molecule has 1 aliphatic rings. The maximum Gasteiger partial charge on any atom is 0.303 e. The number of carbonyl (C=O) groups is 1. The highest BCUT2D eigenvalue weighted by Gasteiger charge is 2.19. The molecule has 4 nitrogen and oxygen atoms in total. The van der Waals surface area contributed by atoms with Crippen LogP contribution in [0.4, 0.5) is 0 Å². The van der Waals surface area contributed by atoms with Crippen molar-refractivity contribution in [1.82, 2.24) is 5.32 Å². The first-order valence-corrected chi connectivity index (χ1v) is 6.50. The van der Waals surface area contributed by atoms with Crippen LogP contribution in [0.1, 0.15) is 39.5 Å². The van der Waals surface area contributed by atoms with E-state index >= 15 is 0 Å². The zero-order valence-electron chi connectivity index (χ0n) is 11.0. The van der Waals surface area contributed by atoms with Crippen molar-refractivity contribution in [3.63, 3.8) is 0 Å². The van der Waals surface area contributed by atoms with Gasteiger partial charge in [-0.25, -0.2) is 0 Å². The molecule has 1 aliphatic heterocycles. The minimum absolute atomic E-state index is 0.109. The van der Waals surface area contributed by atoms with Gasteiger partial charge in [0, 0.05) is 19.6 Å². The van der Waals surface area contributed by atoms with E-state index in [2.05, 4.69) is 19.2 Å². The number of hydrogen-bond donors (Lipinski definition) is 2. The quantitative estimate of drug-likeness (QED) is 0.639. The average Bonchev–Trinajstić information content (AvgIpc) is 2.75. The van der Waals surface area contributed by atoms with E-state index in [0.29, 0.717) is 5.92 Å². The number of carboxylic acid groups (broad SMARTS) is 1. The van der Waals surface area contributed by atoms with E-state index in [1.807, 2.05) is 0 Å². The van der Waals surface area contributed by atoms with Crippen molar-refractivity contribution in [1.29, 1.82) is 0 Å². The van der Waals surface area contributed by atoms with Gasteiger partial charge in [0.2, 0.25) is 0 Å². The molecule has 17 heavy (non-hydrogen) atoms. The van der Waals surface area contributed by atoms with Gasteiger partial charge >= 0.3 is 5.97 Å². The molecule has 0 bridgehead atoms. The molecule has 2 N–H and O–H groups in total. The summed E-state index contributed by atoms with van der Waals surface area (Å²) in [6.07, 6.45) is 3.20. The van der Waals surface area contributed by atoms with Crippen molar-refractivity contribution in [3.05, 3.63) is 0 Å². The summed E-state index contributed by atoms with van der Waals surface area (Å²) in [4.78, 5) is 10.5. The normalized spacial score (nSPS) is 20.7. The molecule has 4 heteroatoms. The van der Waals surface area contributed by atoms with Gasteiger partial charge in [0.15, 0.2) is 0 Å². The Morgan fingerprint density at radius 1 is 1.47 bits per heavy atom. The first-order chi connectivity index (χ1) is 7.99. The first-order valence-electron chi connectivity index (χ1n) is 6.50. The second-order valence-electron chi connectivity index (χ2n) is 5.74. The molecule has 1 heterocycles. The van der Waals surface area contributed by atoms with E-state index < -0.39 is 5.97 Å². The number of rotatable bonds is 8. The monoisotopic (exact) mass is 243 g/mol. The Bertz CT molecular complexity index is 235. The Labute approximate surface area is 104 Å². The predicted molar refractivity (Wildman–Crippen MR) is 67.1 cm³/mol. The lowest BCUT2D eigenvalue weighted by molar-refractivity contribution is -0.137. The van der Waals surface area contributed by atoms with Crippen molar-refractivity contribution >= 4 is 5.97 Å². The smallest absolute Gasteiger partial charge is 0.303 e. The van der Waals surface area contributed by atoms with E-state index in [0.717, 1.165) is 45.6 Å². The van der Waals surface area contributed by atoms with E-state index in [4.69, 9.17) is 9.84 Å². The van der Waals surface area contributed by atoms with Gasteiger partial charge in [-0.2, -0.15) is 0 Å². The number of aliphatic carboxylic acids is 1. The van der Waals surface area contributed by atoms with Crippen LogP contribution in [0.15, 0.2) is 0 Å². The Balaban J connectivity index is 2.05. The third-order valence-corrected chi connectivity index (χ3v) is 3.45. The fourth-order valence-electron chi connectivity index (χ4n) is 2.05. The van der Waals surface area contributed by atoms with Crippen LogP contribution in [0.5, 0.6) is 0 Å². The summed E-state index contributed by atoms with van der Waals surface area (Å²) in [5.74, 6) is -0.0359. The molecule has 0 spiro atoms. The lowest BCUT2D eigenvalue weighted by Crippen LogP contribution is -2.27. The summed E-state index contributed by atoms with van der Waals surface area (Å²) in [6, 6.07) is 0. The molecule has 100 valence electrons. The molecular formula is C13H25NO3. The fraction of sp³-hybridized carbons (Fsp3) is 0.923. The molecule has 1 unspecified atom stereocenters. The van der Waals surface area contributed by atoms with Crippen LogP contribution in [-0.4, -0.2) is 37.4 Å². The van der Waals surface area contributed by atoms with Crippen LogP contribution >= 0.6 is 0 Å². The molecule has 1 fully saturated rings. The molecule has 0 aliphatic carbocycles. The average molecular weight is 243 g/mol. The third-order valence-electron chi connectivity index (χ3n) is 3.45. The van der Waals surface area contributed by atoms with Crippen molar-refractivity contribution in [2.45, 2.75) is 39.5 Å².